The number of nitrogens with zero attached hydrogens (tertiary/aromatic N) is 1. The second kappa shape index (κ2) is 9.49. The molecule has 0 spiro atoms. The zero-order chi connectivity index (χ0) is 18.2. The van der Waals surface area contributed by atoms with Crippen LogP contribution in [0.15, 0.2) is 53.4 Å². The largest absolute Gasteiger partial charge is 0.497 e. The van der Waals surface area contributed by atoms with Gasteiger partial charge in [-0.2, -0.15) is 0 Å². The third kappa shape index (κ3) is 6.11. The van der Waals surface area contributed by atoms with Gasteiger partial charge in [0.15, 0.2) is 0 Å². The van der Waals surface area contributed by atoms with Crippen LogP contribution in [0, 0.1) is 0 Å². The Morgan fingerprint density at radius 3 is 2.60 bits per heavy atom. The van der Waals surface area contributed by atoms with E-state index in [1.807, 2.05) is 49.7 Å². The number of carbonyl (C=O) groups excluding carboxylic acids is 1. The number of anilines is 1. The number of rotatable bonds is 8. The fourth-order valence-electron chi connectivity index (χ4n) is 2.54. The Bertz CT molecular complexity index is 688. The molecule has 2 aromatic carbocycles. The van der Waals surface area contributed by atoms with Crippen molar-refractivity contribution < 1.29 is 9.53 Å². The van der Waals surface area contributed by atoms with Crippen LogP contribution in [0.1, 0.15) is 12.5 Å². The Labute approximate surface area is 154 Å². The summed E-state index contributed by atoms with van der Waals surface area (Å²) in [4.78, 5) is 15.5. The van der Waals surface area contributed by atoms with Gasteiger partial charge in [0.25, 0.3) is 0 Å². The van der Waals surface area contributed by atoms with Crippen LogP contribution in [0.5, 0.6) is 5.75 Å². The smallest absolute Gasteiger partial charge is 0.238 e. The van der Waals surface area contributed by atoms with Crippen LogP contribution in [-0.2, 0) is 11.2 Å². The summed E-state index contributed by atoms with van der Waals surface area (Å²) >= 11 is 1.66. The molecule has 0 radical (unpaired) electrons. The Morgan fingerprint density at radius 2 is 1.96 bits per heavy atom. The van der Waals surface area contributed by atoms with Crippen LogP contribution in [-0.4, -0.2) is 43.8 Å². The van der Waals surface area contributed by atoms with E-state index in [2.05, 4.69) is 29.3 Å². The van der Waals surface area contributed by atoms with Crippen LogP contribution < -0.4 is 10.1 Å². The van der Waals surface area contributed by atoms with Crippen molar-refractivity contribution in [3.05, 3.63) is 54.1 Å². The Kier molecular flexibility index (Phi) is 7.34. The number of thioether (sulfide) groups is 1. The molecule has 1 amide bonds. The lowest BCUT2D eigenvalue weighted by molar-refractivity contribution is -0.117. The van der Waals surface area contributed by atoms with Gasteiger partial charge in [-0.25, -0.2) is 0 Å². The Balaban J connectivity index is 1.86. The van der Waals surface area contributed by atoms with Crippen LogP contribution in [0.25, 0.3) is 0 Å². The lowest BCUT2D eigenvalue weighted by Gasteiger charge is -2.24. The first-order valence-electron chi connectivity index (χ1n) is 8.29. The van der Waals surface area contributed by atoms with Gasteiger partial charge in [-0.1, -0.05) is 18.2 Å². The summed E-state index contributed by atoms with van der Waals surface area (Å²) in [5.41, 5.74) is 2.07. The highest BCUT2D eigenvalue weighted by Gasteiger charge is 2.14. The first kappa shape index (κ1) is 19.3. The number of methoxy groups -OCH3 is 1. The summed E-state index contributed by atoms with van der Waals surface area (Å²) in [7, 11) is 3.64. The minimum atomic E-state index is 0.00216. The number of likely N-dealkylation sites (N-methyl/N-ethyl adjacent to an activating group) is 1. The van der Waals surface area contributed by atoms with Crippen LogP contribution >= 0.6 is 11.8 Å². The molecule has 0 aromatic heterocycles. The monoisotopic (exact) mass is 358 g/mol. The zero-order valence-electron chi connectivity index (χ0n) is 15.3. The number of hydrogen-bond donors (Lipinski definition) is 1. The molecule has 1 atom stereocenters. The van der Waals surface area contributed by atoms with Crippen molar-refractivity contribution in [3.8, 4) is 5.75 Å². The second-order valence-corrected chi connectivity index (χ2v) is 6.98. The first-order valence-corrected chi connectivity index (χ1v) is 9.51. The van der Waals surface area contributed by atoms with Crippen molar-refractivity contribution >= 4 is 23.4 Å². The van der Waals surface area contributed by atoms with Crippen LogP contribution in [0.3, 0.4) is 0 Å². The minimum Gasteiger partial charge on any atom is -0.497 e. The summed E-state index contributed by atoms with van der Waals surface area (Å²) in [6.45, 7) is 2.49. The van der Waals surface area contributed by atoms with E-state index in [-0.39, 0.29) is 11.9 Å². The third-order valence-corrected chi connectivity index (χ3v) is 4.91. The third-order valence-electron chi connectivity index (χ3n) is 4.19. The maximum Gasteiger partial charge on any atom is 0.238 e. The highest BCUT2D eigenvalue weighted by atomic mass is 32.2. The molecule has 0 fully saturated rings. The molecule has 0 saturated carbocycles. The number of carbonyl (C=O) groups is 1. The summed E-state index contributed by atoms with van der Waals surface area (Å²) in [6, 6.07) is 16.2. The number of hydrogen-bond acceptors (Lipinski definition) is 4. The second-order valence-electron chi connectivity index (χ2n) is 6.10. The van der Waals surface area contributed by atoms with E-state index >= 15 is 0 Å². The first-order chi connectivity index (χ1) is 12.0. The summed E-state index contributed by atoms with van der Waals surface area (Å²) in [6.07, 6.45) is 2.91. The molecule has 0 heterocycles. The normalized spacial score (nSPS) is 12.0. The zero-order valence-corrected chi connectivity index (χ0v) is 16.1. The molecule has 25 heavy (non-hydrogen) atoms. The molecule has 4 nitrogen and oxygen atoms in total. The Hall–Kier alpha value is -1.98. The van der Waals surface area contributed by atoms with Gasteiger partial charge in [-0.3, -0.25) is 9.69 Å². The maximum atomic E-state index is 12.3. The van der Waals surface area contributed by atoms with Crippen LogP contribution in [0.2, 0.25) is 0 Å². The molecule has 1 N–H and O–H groups in total. The predicted octanol–water partition coefficient (Wildman–Crippen LogP) is 3.92. The van der Waals surface area contributed by atoms with Gasteiger partial charge in [-0.15, -0.1) is 11.8 Å². The summed E-state index contributed by atoms with van der Waals surface area (Å²) < 4.78 is 5.18. The molecule has 0 aliphatic heterocycles. The number of nitrogens with one attached hydrogen (secondary N) is 1. The van der Waals surface area contributed by atoms with Gasteiger partial charge in [0.1, 0.15) is 5.75 Å². The van der Waals surface area contributed by atoms with Gasteiger partial charge in [0.05, 0.1) is 13.7 Å². The molecule has 5 heteroatoms. The van der Waals surface area contributed by atoms with Crippen LogP contribution in [0.4, 0.5) is 5.69 Å². The van der Waals surface area contributed by atoms with Crippen molar-refractivity contribution in [3.63, 3.8) is 0 Å². The standard InChI is InChI=1S/C20H26N2O2S/c1-15(12-16-8-10-18(24-3)11-9-16)22(2)14-20(23)21-17-6-5-7-19(13-17)25-4/h5-11,13,15H,12,14H2,1-4H3,(H,21,23). The minimum absolute atomic E-state index is 0.00216. The fourth-order valence-corrected chi connectivity index (χ4v) is 3.00. The Morgan fingerprint density at radius 1 is 1.24 bits per heavy atom. The average Bonchev–Trinajstić information content (AvgIpc) is 2.62. The van der Waals surface area contributed by atoms with E-state index in [0.29, 0.717) is 6.54 Å². The molecule has 0 aliphatic carbocycles. The van der Waals surface area contributed by atoms with E-state index in [4.69, 9.17) is 4.74 Å². The summed E-state index contributed by atoms with van der Waals surface area (Å²) in [5, 5.41) is 2.97. The molecular weight excluding hydrogens is 332 g/mol. The van der Waals surface area contributed by atoms with E-state index in [1.54, 1.807) is 18.9 Å². The number of ether oxygens (including phenoxy) is 1. The topological polar surface area (TPSA) is 41.6 Å². The molecule has 2 aromatic rings. The highest BCUT2D eigenvalue weighted by molar-refractivity contribution is 7.98. The lowest BCUT2D eigenvalue weighted by Crippen LogP contribution is -2.37. The van der Waals surface area contributed by atoms with E-state index in [9.17, 15) is 4.79 Å². The van der Waals surface area contributed by atoms with Crippen molar-refractivity contribution in [2.24, 2.45) is 0 Å². The molecule has 134 valence electrons. The molecule has 0 bridgehead atoms. The molecule has 2 rings (SSSR count). The van der Waals surface area contributed by atoms with Gasteiger partial charge in [0, 0.05) is 16.6 Å². The number of amides is 1. The quantitative estimate of drug-likeness (QED) is 0.726. The van der Waals surface area contributed by atoms with Crippen molar-refractivity contribution in [1.82, 2.24) is 4.90 Å². The molecule has 1 unspecified atom stereocenters. The highest BCUT2D eigenvalue weighted by Crippen LogP contribution is 2.19. The average molecular weight is 359 g/mol. The van der Waals surface area contributed by atoms with Gasteiger partial charge < -0.3 is 10.1 Å². The summed E-state index contributed by atoms with van der Waals surface area (Å²) in [5.74, 6) is 0.860. The SMILES string of the molecule is COc1ccc(CC(C)N(C)CC(=O)Nc2cccc(SC)c2)cc1. The van der Waals surface area contributed by atoms with E-state index in [0.717, 1.165) is 22.8 Å². The number of benzene rings is 2. The molecule has 0 aliphatic rings. The molecular formula is C20H26N2O2S. The molecule has 0 saturated heterocycles. The fraction of sp³-hybridized carbons (Fsp3) is 0.350. The lowest BCUT2D eigenvalue weighted by atomic mass is 10.1. The van der Waals surface area contributed by atoms with E-state index in [1.165, 1.54) is 5.56 Å². The van der Waals surface area contributed by atoms with Gasteiger partial charge in [-0.05, 0) is 62.5 Å². The van der Waals surface area contributed by atoms with E-state index < -0.39 is 0 Å². The maximum absolute atomic E-state index is 12.3. The van der Waals surface area contributed by atoms with Crippen molar-refractivity contribution in [2.45, 2.75) is 24.3 Å². The van der Waals surface area contributed by atoms with Gasteiger partial charge >= 0.3 is 0 Å². The predicted molar refractivity (Wildman–Crippen MR) is 106 cm³/mol. The van der Waals surface area contributed by atoms with Crippen molar-refractivity contribution in [2.75, 3.05) is 32.3 Å². The van der Waals surface area contributed by atoms with Gasteiger partial charge in [0.2, 0.25) is 5.91 Å². The van der Waals surface area contributed by atoms with Crippen molar-refractivity contribution in [1.29, 1.82) is 0 Å².